The summed E-state index contributed by atoms with van der Waals surface area (Å²) >= 11 is 0. The summed E-state index contributed by atoms with van der Waals surface area (Å²) < 4.78 is 45.2. The lowest BCUT2D eigenvalue weighted by molar-refractivity contribution is -0.167. The third-order valence-electron chi connectivity index (χ3n) is 5.44. The molecule has 0 unspecified atom stereocenters. The van der Waals surface area contributed by atoms with Gasteiger partial charge in [-0.3, -0.25) is 9.59 Å². The number of allylic oxidation sites excluding steroid dienone is 1. The molecular formula is C25H16F3N3O3. The highest BCUT2D eigenvalue weighted by Gasteiger charge is 2.39. The van der Waals surface area contributed by atoms with Crippen molar-refractivity contribution in [3.63, 3.8) is 0 Å². The normalized spacial score (nSPS) is 14.4. The Kier molecular flexibility index (Phi) is 4.97. The van der Waals surface area contributed by atoms with Crippen molar-refractivity contribution in [2.45, 2.75) is 6.18 Å². The number of anilines is 1. The minimum Gasteiger partial charge on any atom is -0.452 e. The number of amides is 1. The Morgan fingerprint density at radius 2 is 1.85 bits per heavy atom. The first kappa shape index (κ1) is 21.4. The van der Waals surface area contributed by atoms with Crippen molar-refractivity contribution in [1.82, 2.24) is 9.55 Å². The van der Waals surface area contributed by atoms with Crippen LogP contribution in [0.15, 0.2) is 72.8 Å². The number of hydrogen-bond donors (Lipinski definition) is 1. The fourth-order valence-electron chi connectivity index (χ4n) is 3.91. The van der Waals surface area contributed by atoms with E-state index in [-0.39, 0.29) is 22.8 Å². The van der Waals surface area contributed by atoms with E-state index in [2.05, 4.69) is 4.98 Å². The van der Waals surface area contributed by atoms with E-state index in [0.717, 1.165) is 16.5 Å². The van der Waals surface area contributed by atoms with Gasteiger partial charge in [0.1, 0.15) is 11.4 Å². The molecule has 0 spiro atoms. The summed E-state index contributed by atoms with van der Waals surface area (Å²) in [5.41, 5.74) is 3.23. The lowest BCUT2D eigenvalue weighted by Gasteiger charge is -2.08. The average molecular weight is 463 g/mol. The number of pyridine rings is 1. The predicted molar refractivity (Wildman–Crippen MR) is 120 cm³/mol. The summed E-state index contributed by atoms with van der Waals surface area (Å²) in [6, 6.07) is 15.4. The Bertz CT molecular complexity index is 1490. The summed E-state index contributed by atoms with van der Waals surface area (Å²) in [5, 5.41) is 2.57. The van der Waals surface area contributed by atoms with Crippen molar-refractivity contribution in [2.24, 2.45) is 7.05 Å². The van der Waals surface area contributed by atoms with Crippen LogP contribution < -0.4 is 10.1 Å². The molecule has 0 saturated heterocycles. The monoisotopic (exact) mass is 463 g/mol. The SMILES string of the molecule is Cn1cc(C=C2Oc3ccc(NC(=O)C(F)(F)F)cc3C2=O)c2c(-c3ccccc3)ccnc21. The number of halogens is 3. The molecule has 0 atom stereocenters. The van der Waals surface area contributed by atoms with E-state index in [1.165, 1.54) is 18.2 Å². The van der Waals surface area contributed by atoms with Gasteiger partial charge in [0.25, 0.3) is 0 Å². The number of fused-ring (bicyclic) bond motifs is 2. The van der Waals surface area contributed by atoms with Crippen molar-refractivity contribution in [3.8, 4) is 16.9 Å². The zero-order chi connectivity index (χ0) is 24.0. The topological polar surface area (TPSA) is 73.2 Å². The van der Waals surface area contributed by atoms with Crippen LogP contribution in [0.3, 0.4) is 0 Å². The van der Waals surface area contributed by atoms with Crippen LogP contribution in [0.5, 0.6) is 5.75 Å². The molecule has 34 heavy (non-hydrogen) atoms. The molecule has 0 aliphatic carbocycles. The first-order chi connectivity index (χ1) is 16.2. The number of ether oxygens (including phenoxy) is 1. The Morgan fingerprint density at radius 3 is 2.59 bits per heavy atom. The number of carbonyl (C=O) groups is 2. The summed E-state index contributed by atoms with van der Waals surface area (Å²) in [6.45, 7) is 0. The number of ketones is 1. The third-order valence-corrected chi connectivity index (χ3v) is 5.44. The number of hydrogen-bond acceptors (Lipinski definition) is 4. The molecule has 0 saturated carbocycles. The van der Waals surface area contributed by atoms with E-state index in [9.17, 15) is 22.8 Å². The van der Waals surface area contributed by atoms with E-state index in [1.54, 1.807) is 17.6 Å². The van der Waals surface area contributed by atoms with Gasteiger partial charge in [0.05, 0.1) is 5.56 Å². The zero-order valence-corrected chi connectivity index (χ0v) is 17.7. The van der Waals surface area contributed by atoms with Gasteiger partial charge in [0, 0.05) is 36.1 Å². The fourth-order valence-corrected chi connectivity index (χ4v) is 3.91. The van der Waals surface area contributed by atoms with Gasteiger partial charge < -0.3 is 14.6 Å². The predicted octanol–water partition coefficient (Wildman–Crippen LogP) is 5.36. The maximum absolute atomic E-state index is 13.0. The van der Waals surface area contributed by atoms with Crippen LogP contribution in [-0.4, -0.2) is 27.4 Å². The molecule has 1 aliphatic heterocycles. The number of alkyl halides is 3. The number of aromatic nitrogens is 2. The van der Waals surface area contributed by atoms with Crippen LogP contribution in [0, 0.1) is 0 Å². The maximum atomic E-state index is 13.0. The number of aryl methyl sites for hydroxylation is 1. The van der Waals surface area contributed by atoms with Gasteiger partial charge in [-0.05, 0) is 41.5 Å². The number of rotatable bonds is 3. The highest BCUT2D eigenvalue weighted by atomic mass is 19.4. The van der Waals surface area contributed by atoms with E-state index in [4.69, 9.17) is 4.74 Å². The number of nitrogens with one attached hydrogen (secondary N) is 1. The van der Waals surface area contributed by atoms with Crippen LogP contribution in [0.1, 0.15) is 15.9 Å². The number of nitrogens with zero attached hydrogens (tertiary/aromatic N) is 2. The first-order valence-electron chi connectivity index (χ1n) is 10.2. The molecule has 0 bridgehead atoms. The van der Waals surface area contributed by atoms with Gasteiger partial charge in [-0.1, -0.05) is 30.3 Å². The molecule has 9 heteroatoms. The second kappa shape index (κ2) is 7.87. The molecule has 4 aromatic rings. The largest absolute Gasteiger partial charge is 0.471 e. The summed E-state index contributed by atoms with van der Waals surface area (Å²) in [6.07, 6.45) is 0.0906. The molecule has 5 rings (SSSR count). The lowest BCUT2D eigenvalue weighted by Crippen LogP contribution is -2.29. The molecule has 2 aromatic heterocycles. The van der Waals surface area contributed by atoms with Gasteiger partial charge in [-0.25, -0.2) is 4.98 Å². The number of benzene rings is 2. The highest BCUT2D eigenvalue weighted by Crippen LogP contribution is 2.37. The summed E-state index contributed by atoms with van der Waals surface area (Å²) in [5.74, 6) is -2.40. The Morgan fingerprint density at radius 1 is 1.09 bits per heavy atom. The molecule has 3 heterocycles. The first-order valence-corrected chi connectivity index (χ1v) is 10.2. The van der Waals surface area contributed by atoms with Gasteiger partial charge in [0.2, 0.25) is 5.78 Å². The van der Waals surface area contributed by atoms with E-state index >= 15 is 0 Å². The molecule has 1 aliphatic rings. The maximum Gasteiger partial charge on any atom is 0.471 e. The van der Waals surface area contributed by atoms with E-state index in [0.29, 0.717) is 11.2 Å². The van der Waals surface area contributed by atoms with Gasteiger partial charge in [-0.15, -0.1) is 0 Å². The van der Waals surface area contributed by atoms with Crippen molar-refractivity contribution in [2.75, 3.05) is 5.32 Å². The Labute approximate surface area is 191 Å². The minimum absolute atomic E-state index is 0.0182. The van der Waals surface area contributed by atoms with Gasteiger partial charge in [-0.2, -0.15) is 13.2 Å². The third kappa shape index (κ3) is 3.71. The van der Waals surface area contributed by atoms with Crippen LogP contribution in [0.4, 0.5) is 18.9 Å². The lowest BCUT2D eigenvalue weighted by atomic mass is 10.0. The summed E-state index contributed by atoms with van der Waals surface area (Å²) in [4.78, 5) is 28.7. The van der Waals surface area contributed by atoms with E-state index in [1.807, 2.05) is 54.2 Å². The number of Topliss-reactive ketones (excluding diaryl/α,β-unsaturated/α-hetero) is 1. The molecular weight excluding hydrogens is 447 g/mol. The van der Waals surface area contributed by atoms with E-state index < -0.39 is 17.9 Å². The van der Waals surface area contributed by atoms with Crippen molar-refractivity contribution in [1.29, 1.82) is 0 Å². The van der Waals surface area contributed by atoms with Crippen molar-refractivity contribution in [3.05, 3.63) is 83.9 Å². The molecule has 170 valence electrons. The van der Waals surface area contributed by atoms with Crippen LogP contribution in [0.2, 0.25) is 0 Å². The van der Waals surface area contributed by atoms with Gasteiger partial charge in [0.15, 0.2) is 5.76 Å². The zero-order valence-electron chi connectivity index (χ0n) is 17.7. The number of carbonyl (C=O) groups excluding carboxylic acids is 2. The van der Waals surface area contributed by atoms with Crippen molar-refractivity contribution < 1.29 is 27.5 Å². The average Bonchev–Trinajstić information content (AvgIpc) is 3.30. The van der Waals surface area contributed by atoms with Gasteiger partial charge >= 0.3 is 12.1 Å². The molecule has 6 nitrogen and oxygen atoms in total. The van der Waals surface area contributed by atoms with Crippen molar-refractivity contribution >= 4 is 34.5 Å². The molecule has 0 fully saturated rings. The van der Waals surface area contributed by atoms with Crippen LogP contribution in [-0.2, 0) is 11.8 Å². The molecule has 1 amide bonds. The Hall–Kier alpha value is -4.40. The standard InChI is InChI=1S/C25H16F3N3O3/c1-31-13-15(21-17(9-10-29-23(21)31)14-5-3-2-4-6-14)11-20-22(32)18-12-16(7-8-19(18)34-20)30-24(33)25(26,27)28/h2-13H,1H3,(H,30,33). The molecule has 0 radical (unpaired) electrons. The minimum atomic E-state index is -5.04. The highest BCUT2D eigenvalue weighted by molar-refractivity contribution is 6.16. The quantitative estimate of drug-likeness (QED) is 0.416. The molecule has 2 aromatic carbocycles. The second-order valence-corrected chi connectivity index (χ2v) is 7.72. The van der Waals surface area contributed by atoms with Crippen LogP contribution in [0.25, 0.3) is 28.2 Å². The second-order valence-electron chi connectivity index (χ2n) is 7.72. The Balaban J connectivity index is 1.54. The smallest absolute Gasteiger partial charge is 0.452 e. The summed E-state index contributed by atoms with van der Waals surface area (Å²) in [7, 11) is 1.84. The molecule has 1 N–H and O–H groups in total. The fraction of sp³-hybridized carbons (Fsp3) is 0.0800. The van der Waals surface area contributed by atoms with Crippen LogP contribution >= 0.6 is 0 Å².